The first kappa shape index (κ1) is 20.1. The number of methoxy groups -OCH3 is 1. The number of ether oxygens (including phenoxy) is 2. The normalized spacial score (nSPS) is 10.9. The van der Waals surface area contributed by atoms with Gasteiger partial charge in [-0.05, 0) is 41.5 Å². The van der Waals surface area contributed by atoms with E-state index in [-0.39, 0.29) is 5.91 Å². The molecular weight excluding hydrogens is 390 g/mol. The van der Waals surface area contributed by atoms with Crippen molar-refractivity contribution in [3.8, 4) is 11.5 Å². The van der Waals surface area contributed by atoms with Crippen LogP contribution in [0, 0.1) is 0 Å². The summed E-state index contributed by atoms with van der Waals surface area (Å²) in [5.41, 5.74) is 5.39. The molecule has 0 unspecified atom stereocenters. The molecular formula is C25H21N3O3. The highest BCUT2D eigenvalue weighted by molar-refractivity contribution is 5.95. The summed E-state index contributed by atoms with van der Waals surface area (Å²) in [7, 11) is 1.59. The molecule has 154 valence electrons. The summed E-state index contributed by atoms with van der Waals surface area (Å²) in [6.45, 7) is 0.419. The Morgan fingerprint density at radius 2 is 1.77 bits per heavy atom. The van der Waals surface area contributed by atoms with E-state index in [0.717, 1.165) is 22.0 Å². The molecule has 1 amide bonds. The number of fused-ring (bicyclic) bond motifs is 1. The van der Waals surface area contributed by atoms with Gasteiger partial charge in [-0.25, -0.2) is 10.4 Å². The molecule has 1 aromatic heterocycles. The number of benzene rings is 3. The molecule has 4 rings (SSSR count). The van der Waals surface area contributed by atoms with Crippen LogP contribution in [-0.4, -0.2) is 24.2 Å². The average molecular weight is 411 g/mol. The summed E-state index contributed by atoms with van der Waals surface area (Å²) >= 11 is 0. The minimum atomic E-state index is -0.379. The molecule has 0 aliphatic carbocycles. The SMILES string of the molecule is COc1ccc(C=NNC(=O)c2ccc3ccccc3n2)cc1OCc1ccccc1. The van der Waals surface area contributed by atoms with Crippen LogP contribution in [0.3, 0.4) is 0 Å². The molecule has 0 bridgehead atoms. The van der Waals surface area contributed by atoms with Crippen LogP contribution >= 0.6 is 0 Å². The highest BCUT2D eigenvalue weighted by Crippen LogP contribution is 2.28. The van der Waals surface area contributed by atoms with Crippen molar-refractivity contribution in [2.75, 3.05) is 7.11 Å². The molecule has 1 N–H and O–H groups in total. The number of hydrogen-bond acceptors (Lipinski definition) is 5. The number of rotatable bonds is 7. The maximum absolute atomic E-state index is 12.4. The number of carbonyl (C=O) groups is 1. The number of para-hydroxylation sites is 1. The first-order valence-corrected chi connectivity index (χ1v) is 9.77. The lowest BCUT2D eigenvalue weighted by Gasteiger charge is -2.11. The molecule has 3 aromatic carbocycles. The van der Waals surface area contributed by atoms with Crippen LogP contribution in [0.2, 0.25) is 0 Å². The van der Waals surface area contributed by atoms with Crippen LogP contribution in [0.25, 0.3) is 10.9 Å². The lowest BCUT2D eigenvalue weighted by Crippen LogP contribution is -2.18. The third-order valence-electron chi connectivity index (χ3n) is 4.64. The van der Waals surface area contributed by atoms with E-state index in [0.29, 0.717) is 23.8 Å². The van der Waals surface area contributed by atoms with Crippen molar-refractivity contribution in [3.63, 3.8) is 0 Å². The number of carbonyl (C=O) groups excluding carboxylic acids is 1. The fourth-order valence-electron chi connectivity index (χ4n) is 3.04. The number of pyridine rings is 1. The molecule has 6 nitrogen and oxygen atoms in total. The molecule has 0 spiro atoms. The Balaban J connectivity index is 1.43. The first-order valence-electron chi connectivity index (χ1n) is 9.77. The van der Waals surface area contributed by atoms with Gasteiger partial charge in [-0.3, -0.25) is 4.79 Å². The van der Waals surface area contributed by atoms with Gasteiger partial charge in [0.2, 0.25) is 0 Å². The summed E-state index contributed by atoms with van der Waals surface area (Å²) in [5, 5.41) is 5.03. The van der Waals surface area contributed by atoms with Crippen molar-refractivity contribution in [2.45, 2.75) is 6.61 Å². The molecule has 1 heterocycles. The minimum Gasteiger partial charge on any atom is -0.493 e. The van der Waals surface area contributed by atoms with Crippen molar-refractivity contribution in [1.82, 2.24) is 10.4 Å². The van der Waals surface area contributed by atoms with E-state index in [1.807, 2.05) is 72.8 Å². The summed E-state index contributed by atoms with van der Waals surface area (Å²) in [6.07, 6.45) is 1.55. The topological polar surface area (TPSA) is 72.8 Å². The van der Waals surface area contributed by atoms with Crippen molar-refractivity contribution in [1.29, 1.82) is 0 Å². The number of nitrogens with zero attached hydrogens (tertiary/aromatic N) is 2. The zero-order valence-corrected chi connectivity index (χ0v) is 17.0. The number of nitrogens with one attached hydrogen (secondary N) is 1. The number of aromatic nitrogens is 1. The Hall–Kier alpha value is -4.19. The maximum Gasteiger partial charge on any atom is 0.289 e. The van der Waals surface area contributed by atoms with Crippen molar-refractivity contribution >= 4 is 23.0 Å². The summed E-state index contributed by atoms with van der Waals surface area (Å²) < 4.78 is 11.3. The summed E-state index contributed by atoms with van der Waals surface area (Å²) in [4.78, 5) is 16.7. The van der Waals surface area contributed by atoms with Gasteiger partial charge in [0.15, 0.2) is 11.5 Å². The molecule has 0 radical (unpaired) electrons. The fraction of sp³-hybridized carbons (Fsp3) is 0.0800. The van der Waals surface area contributed by atoms with Gasteiger partial charge in [-0.15, -0.1) is 0 Å². The predicted octanol–water partition coefficient (Wildman–Crippen LogP) is 4.59. The van der Waals surface area contributed by atoms with Gasteiger partial charge in [0.25, 0.3) is 5.91 Å². The van der Waals surface area contributed by atoms with Crippen LogP contribution in [0.1, 0.15) is 21.6 Å². The summed E-state index contributed by atoms with van der Waals surface area (Å²) in [5.74, 6) is 0.839. The molecule has 0 atom stereocenters. The van der Waals surface area contributed by atoms with Crippen LogP contribution in [-0.2, 0) is 6.61 Å². The van der Waals surface area contributed by atoms with E-state index < -0.39 is 0 Å². The summed E-state index contributed by atoms with van der Waals surface area (Å²) in [6, 6.07) is 26.5. The largest absolute Gasteiger partial charge is 0.493 e. The first-order chi connectivity index (χ1) is 15.2. The van der Waals surface area contributed by atoms with Gasteiger partial charge in [0.1, 0.15) is 12.3 Å². The predicted molar refractivity (Wildman–Crippen MR) is 121 cm³/mol. The second kappa shape index (κ2) is 9.54. The number of hydrazone groups is 1. The van der Waals surface area contributed by atoms with Crippen LogP contribution < -0.4 is 14.9 Å². The fourth-order valence-corrected chi connectivity index (χ4v) is 3.04. The average Bonchev–Trinajstić information content (AvgIpc) is 2.83. The Morgan fingerprint density at radius 1 is 0.968 bits per heavy atom. The third kappa shape index (κ3) is 5.05. The van der Waals surface area contributed by atoms with Gasteiger partial charge in [-0.2, -0.15) is 5.10 Å². The van der Waals surface area contributed by atoms with E-state index in [4.69, 9.17) is 9.47 Å². The highest BCUT2D eigenvalue weighted by atomic mass is 16.5. The quantitative estimate of drug-likeness (QED) is 0.357. The second-order valence-electron chi connectivity index (χ2n) is 6.77. The Bertz CT molecular complexity index is 1220. The van der Waals surface area contributed by atoms with Gasteiger partial charge in [-0.1, -0.05) is 54.6 Å². The molecule has 0 saturated heterocycles. The van der Waals surface area contributed by atoms with E-state index in [1.54, 1.807) is 25.5 Å². The molecule has 6 heteroatoms. The van der Waals surface area contributed by atoms with E-state index >= 15 is 0 Å². The lowest BCUT2D eigenvalue weighted by atomic mass is 10.2. The monoisotopic (exact) mass is 411 g/mol. The smallest absolute Gasteiger partial charge is 0.289 e. The Kier molecular flexibility index (Phi) is 6.18. The second-order valence-corrected chi connectivity index (χ2v) is 6.77. The zero-order chi connectivity index (χ0) is 21.5. The molecule has 31 heavy (non-hydrogen) atoms. The zero-order valence-electron chi connectivity index (χ0n) is 17.0. The van der Waals surface area contributed by atoms with Gasteiger partial charge < -0.3 is 9.47 Å². The standard InChI is InChI=1S/C25H21N3O3/c1-30-23-14-11-19(15-24(23)31-17-18-7-3-2-4-8-18)16-26-28-25(29)22-13-12-20-9-5-6-10-21(20)27-22/h2-16H,17H2,1H3,(H,28,29). The van der Waals surface area contributed by atoms with Crippen LogP contribution in [0.5, 0.6) is 11.5 Å². The van der Waals surface area contributed by atoms with Gasteiger partial charge in [0, 0.05) is 5.39 Å². The molecule has 4 aromatic rings. The van der Waals surface area contributed by atoms with Crippen LogP contribution in [0.15, 0.2) is 90.0 Å². The minimum absolute atomic E-state index is 0.303. The lowest BCUT2D eigenvalue weighted by molar-refractivity contribution is 0.0950. The third-order valence-corrected chi connectivity index (χ3v) is 4.64. The molecule has 0 aliphatic heterocycles. The molecule has 0 saturated carbocycles. The van der Waals surface area contributed by atoms with E-state index in [1.165, 1.54) is 0 Å². The van der Waals surface area contributed by atoms with Crippen molar-refractivity contribution in [3.05, 3.63) is 102 Å². The van der Waals surface area contributed by atoms with Crippen molar-refractivity contribution in [2.24, 2.45) is 5.10 Å². The van der Waals surface area contributed by atoms with Crippen LogP contribution in [0.4, 0.5) is 0 Å². The molecule has 0 aliphatic rings. The van der Waals surface area contributed by atoms with E-state index in [2.05, 4.69) is 15.5 Å². The highest BCUT2D eigenvalue weighted by Gasteiger charge is 2.08. The van der Waals surface area contributed by atoms with Gasteiger partial charge in [0.05, 0.1) is 18.8 Å². The number of amides is 1. The Morgan fingerprint density at radius 3 is 2.61 bits per heavy atom. The Labute approximate surface area is 180 Å². The maximum atomic E-state index is 12.4. The molecule has 0 fully saturated rings. The van der Waals surface area contributed by atoms with Gasteiger partial charge >= 0.3 is 0 Å². The van der Waals surface area contributed by atoms with Crippen molar-refractivity contribution < 1.29 is 14.3 Å². The number of hydrogen-bond donors (Lipinski definition) is 1. The van der Waals surface area contributed by atoms with E-state index in [9.17, 15) is 4.79 Å².